The molecule has 0 radical (unpaired) electrons. The number of alkyl halides is 3. The van der Waals surface area contributed by atoms with Crippen molar-refractivity contribution in [1.82, 2.24) is 25.1 Å². The lowest BCUT2D eigenvalue weighted by molar-refractivity contribution is -0.137. The molecule has 6 nitrogen and oxygen atoms in total. The SMILES string of the molecule is Cc1cc(C)n(-c2nc3c(c(Nc4cccc(C(F)(F)F)c4)n2)CCNC3)n1. The Balaban J connectivity index is 1.78. The molecule has 0 aliphatic carbocycles. The molecule has 0 atom stereocenters. The zero-order chi connectivity index (χ0) is 19.9. The highest BCUT2D eigenvalue weighted by Crippen LogP contribution is 2.32. The van der Waals surface area contributed by atoms with Crippen molar-refractivity contribution in [3.8, 4) is 5.95 Å². The van der Waals surface area contributed by atoms with Gasteiger partial charge in [0.1, 0.15) is 5.82 Å². The molecule has 9 heteroatoms. The molecule has 0 amide bonds. The summed E-state index contributed by atoms with van der Waals surface area (Å²) in [5.74, 6) is 0.899. The second kappa shape index (κ2) is 6.90. The molecule has 146 valence electrons. The Morgan fingerprint density at radius 2 is 1.96 bits per heavy atom. The summed E-state index contributed by atoms with van der Waals surface area (Å²) >= 11 is 0. The average molecular weight is 388 g/mol. The summed E-state index contributed by atoms with van der Waals surface area (Å²) < 4.78 is 40.8. The van der Waals surface area contributed by atoms with Crippen LogP contribution in [0.4, 0.5) is 24.7 Å². The lowest BCUT2D eigenvalue weighted by atomic mass is 10.1. The molecule has 1 aliphatic rings. The minimum atomic E-state index is -4.40. The van der Waals surface area contributed by atoms with Crippen molar-refractivity contribution >= 4 is 11.5 Å². The molecule has 4 rings (SSSR count). The van der Waals surface area contributed by atoms with E-state index < -0.39 is 11.7 Å². The molecule has 0 saturated carbocycles. The van der Waals surface area contributed by atoms with Gasteiger partial charge in [0, 0.05) is 23.5 Å². The van der Waals surface area contributed by atoms with Crippen molar-refractivity contribution in [2.24, 2.45) is 0 Å². The fraction of sp³-hybridized carbons (Fsp3) is 0.316. The maximum Gasteiger partial charge on any atom is 0.416 e. The van der Waals surface area contributed by atoms with E-state index in [2.05, 4.69) is 25.7 Å². The fourth-order valence-corrected chi connectivity index (χ4v) is 3.29. The molecule has 28 heavy (non-hydrogen) atoms. The number of aromatic nitrogens is 4. The molecule has 0 unspecified atom stereocenters. The van der Waals surface area contributed by atoms with E-state index in [9.17, 15) is 13.2 Å². The van der Waals surface area contributed by atoms with Crippen LogP contribution in [0.5, 0.6) is 0 Å². The Kier molecular flexibility index (Phi) is 4.54. The summed E-state index contributed by atoms with van der Waals surface area (Å²) in [5, 5.41) is 10.7. The molecule has 0 bridgehead atoms. The van der Waals surface area contributed by atoms with Crippen LogP contribution in [0.25, 0.3) is 5.95 Å². The van der Waals surface area contributed by atoms with Gasteiger partial charge in [-0.1, -0.05) is 6.07 Å². The minimum absolute atomic E-state index is 0.327. The molecule has 3 heterocycles. The maximum atomic E-state index is 13.0. The van der Waals surface area contributed by atoms with E-state index in [1.807, 2.05) is 19.9 Å². The zero-order valence-electron chi connectivity index (χ0n) is 15.4. The van der Waals surface area contributed by atoms with Crippen LogP contribution in [0.1, 0.15) is 28.2 Å². The Labute approximate surface area is 159 Å². The molecule has 0 saturated heterocycles. The maximum absolute atomic E-state index is 13.0. The van der Waals surface area contributed by atoms with Gasteiger partial charge in [-0.2, -0.15) is 23.3 Å². The summed E-state index contributed by atoms with van der Waals surface area (Å²) in [5.41, 5.74) is 3.06. The Bertz CT molecular complexity index is 1020. The molecule has 0 spiro atoms. The van der Waals surface area contributed by atoms with Crippen molar-refractivity contribution in [3.63, 3.8) is 0 Å². The number of aryl methyl sites for hydroxylation is 2. The van der Waals surface area contributed by atoms with Crippen molar-refractivity contribution in [2.45, 2.75) is 33.0 Å². The van der Waals surface area contributed by atoms with Gasteiger partial charge < -0.3 is 10.6 Å². The van der Waals surface area contributed by atoms with Gasteiger partial charge in [0.25, 0.3) is 5.95 Å². The first-order valence-corrected chi connectivity index (χ1v) is 8.90. The van der Waals surface area contributed by atoms with Gasteiger partial charge in [-0.3, -0.25) is 0 Å². The van der Waals surface area contributed by atoms with E-state index in [0.29, 0.717) is 30.4 Å². The van der Waals surface area contributed by atoms with Gasteiger partial charge in [0.05, 0.1) is 17.0 Å². The topological polar surface area (TPSA) is 67.7 Å². The molecule has 3 aromatic rings. The van der Waals surface area contributed by atoms with Gasteiger partial charge in [0.2, 0.25) is 0 Å². The second-order valence-electron chi connectivity index (χ2n) is 6.77. The van der Waals surface area contributed by atoms with E-state index in [4.69, 9.17) is 0 Å². The summed E-state index contributed by atoms with van der Waals surface area (Å²) in [4.78, 5) is 9.21. The van der Waals surface area contributed by atoms with Crippen LogP contribution >= 0.6 is 0 Å². The lowest BCUT2D eigenvalue weighted by Gasteiger charge is -2.21. The van der Waals surface area contributed by atoms with Crippen LogP contribution < -0.4 is 10.6 Å². The predicted molar refractivity (Wildman–Crippen MR) is 98.8 cm³/mol. The van der Waals surface area contributed by atoms with Crippen LogP contribution in [0, 0.1) is 13.8 Å². The number of nitrogens with zero attached hydrogens (tertiary/aromatic N) is 4. The highest BCUT2D eigenvalue weighted by molar-refractivity contribution is 5.62. The smallest absolute Gasteiger partial charge is 0.340 e. The number of benzene rings is 1. The Morgan fingerprint density at radius 1 is 1.14 bits per heavy atom. The number of nitrogens with one attached hydrogen (secondary N) is 2. The predicted octanol–water partition coefficient (Wildman–Crippen LogP) is 3.69. The van der Waals surface area contributed by atoms with E-state index in [1.54, 1.807) is 10.7 Å². The summed E-state index contributed by atoms with van der Waals surface area (Å²) in [6.45, 7) is 5.11. The third-order valence-electron chi connectivity index (χ3n) is 4.58. The quantitative estimate of drug-likeness (QED) is 0.716. The molecule has 2 aromatic heterocycles. The van der Waals surface area contributed by atoms with Crippen molar-refractivity contribution in [1.29, 1.82) is 0 Å². The van der Waals surface area contributed by atoms with E-state index in [1.165, 1.54) is 6.07 Å². The highest BCUT2D eigenvalue weighted by Gasteiger charge is 2.30. The summed E-state index contributed by atoms with van der Waals surface area (Å²) in [6, 6.07) is 7.02. The first-order valence-electron chi connectivity index (χ1n) is 8.90. The third kappa shape index (κ3) is 3.57. The van der Waals surface area contributed by atoms with Gasteiger partial charge in [-0.25, -0.2) is 9.67 Å². The Hall–Kier alpha value is -2.94. The van der Waals surface area contributed by atoms with Crippen molar-refractivity contribution < 1.29 is 13.2 Å². The van der Waals surface area contributed by atoms with Crippen LogP contribution in [0.2, 0.25) is 0 Å². The number of anilines is 2. The number of rotatable bonds is 3. The largest absolute Gasteiger partial charge is 0.416 e. The molecule has 1 aromatic carbocycles. The molecular weight excluding hydrogens is 369 g/mol. The number of fused-ring (bicyclic) bond motifs is 1. The highest BCUT2D eigenvalue weighted by atomic mass is 19.4. The number of hydrogen-bond acceptors (Lipinski definition) is 5. The molecule has 0 fully saturated rings. The van der Waals surface area contributed by atoms with Gasteiger partial charge in [-0.05, 0) is 51.1 Å². The monoisotopic (exact) mass is 388 g/mol. The van der Waals surface area contributed by atoms with Crippen LogP contribution in [0.15, 0.2) is 30.3 Å². The van der Waals surface area contributed by atoms with Crippen LogP contribution in [-0.2, 0) is 19.1 Å². The van der Waals surface area contributed by atoms with Gasteiger partial charge in [-0.15, -0.1) is 0 Å². The Morgan fingerprint density at radius 3 is 2.68 bits per heavy atom. The lowest BCUT2D eigenvalue weighted by Crippen LogP contribution is -2.27. The first kappa shape index (κ1) is 18.4. The third-order valence-corrected chi connectivity index (χ3v) is 4.58. The van der Waals surface area contributed by atoms with Crippen LogP contribution in [-0.4, -0.2) is 26.3 Å². The fourth-order valence-electron chi connectivity index (χ4n) is 3.29. The molecule has 2 N–H and O–H groups in total. The first-order chi connectivity index (χ1) is 13.3. The average Bonchev–Trinajstić information content (AvgIpc) is 2.99. The standard InChI is InChI=1S/C19H19F3N6/c1-11-8-12(2)28(27-11)18-25-16-10-23-7-6-15(16)17(26-18)24-14-5-3-4-13(9-14)19(20,21)22/h3-5,8-9,23H,6-7,10H2,1-2H3,(H,24,25,26). The number of halogens is 3. The molecule has 1 aliphatic heterocycles. The van der Waals surface area contributed by atoms with Gasteiger partial charge >= 0.3 is 6.18 Å². The van der Waals surface area contributed by atoms with Crippen molar-refractivity contribution in [3.05, 3.63) is 58.5 Å². The minimum Gasteiger partial charge on any atom is -0.340 e. The summed E-state index contributed by atoms with van der Waals surface area (Å²) in [7, 11) is 0. The molecular formula is C19H19F3N6. The normalized spacial score (nSPS) is 14.0. The summed E-state index contributed by atoms with van der Waals surface area (Å²) in [6.07, 6.45) is -3.71. The van der Waals surface area contributed by atoms with Gasteiger partial charge in [0.15, 0.2) is 0 Å². The zero-order valence-corrected chi connectivity index (χ0v) is 15.4. The number of hydrogen-bond donors (Lipinski definition) is 2. The van der Waals surface area contributed by atoms with E-state index >= 15 is 0 Å². The van der Waals surface area contributed by atoms with Crippen molar-refractivity contribution in [2.75, 3.05) is 11.9 Å². The van der Waals surface area contributed by atoms with E-state index in [-0.39, 0.29) is 0 Å². The van der Waals surface area contributed by atoms with E-state index in [0.717, 1.165) is 41.3 Å². The van der Waals surface area contributed by atoms with Crippen LogP contribution in [0.3, 0.4) is 0 Å². The second-order valence-corrected chi connectivity index (χ2v) is 6.77.